The Morgan fingerprint density at radius 2 is 0.962 bits per heavy atom. The number of hydrogen-bond donors (Lipinski definition) is 0. The quantitative estimate of drug-likeness (QED) is 0.292. The van der Waals surface area contributed by atoms with Crippen LogP contribution in [0, 0.1) is 35.5 Å². The zero-order chi connectivity index (χ0) is 37.7. The summed E-state index contributed by atoms with van der Waals surface area (Å²) in [5, 5.41) is 0. The monoisotopic (exact) mass is 723 g/mol. The Bertz CT molecular complexity index is 1270. The van der Waals surface area contributed by atoms with Gasteiger partial charge in [0.2, 0.25) is 0 Å². The van der Waals surface area contributed by atoms with Crippen LogP contribution in [0.15, 0.2) is 12.2 Å². The van der Waals surface area contributed by atoms with E-state index < -0.39 is 0 Å². The van der Waals surface area contributed by atoms with Crippen molar-refractivity contribution >= 4 is 23.1 Å². The maximum Gasteiger partial charge on any atom is 0.147 e. The van der Waals surface area contributed by atoms with Gasteiger partial charge in [0.1, 0.15) is 23.1 Å². The normalized spacial score (nSPS) is 40.0. The first-order chi connectivity index (χ1) is 24.8. The molecular weight excluding hydrogens is 649 g/mol. The van der Waals surface area contributed by atoms with Crippen molar-refractivity contribution < 1.29 is 19.2 Å². The number of likely N-dealkylation sites (N-methyl/N-ethyl adjacent to an activating group) is 4. The van der Waals surface area contributed by atoms with E-state index in [-0.39, 0.29) is 24.2 Å². The smallest absolute Gasteiger partial charge is 0.147 e. The van der Waals surface area contributed by atoms with Crippen LogP contribution < -0.4 is 0 Å². The highest BCUT2D eigenvalue weighted by atomic mass is 16.1. The molecule has 0 aromatic carbocycles. The molecule has 8 heteroatoms. The average molecular weight is 723 g/mol. The van der Waals surface area contributed by atoms with Gasteiger partial charge < -0.3 is 0 Å². The molecule has 0 N–H and O–H groups in total. The van der Waals surface area contributed by atoms with Gasteiger partial charge in [-0.1, -0.05) is 57.1 Å². The van der Waals surface area contributed by atoms with Crippen molar-refractivity contribution in [1.82, 2.24) is 19.6 Å². The zero-order valence-electron chi connectivity index (χ0n) is 34.2. The largest absolute Gasteiger partial charge is 0.298 e. The van der Waals surface area contributed by atoms with Crippen molar-refractivity contribution in [3.05, 3.63) is 12.2 Å². The van der Waals surface area contributed by atoms with E-state index in [0.29, 0.717) is 53.0 Å². The highest BCUT2D eigenvalue weighted by Crippen LogP contribution is 2.42. The van der Waals surface area contributed by atoms with E-state index in [1.165, 1.54) is 89.9 Å². The lowest BCUT2D eigenvalue weighted by Gasteiger charge is -2.28. The van der Waals surface area contributed by atoms with Crippen LogP contribution in [0.1, 0.15) is 130 Å². The molecule has 8 nitrogen and oxygen atoms in total. The summed E-state index contributed by atoms with van der Waals surface area (Å²) in [4.78, 5) is 54.7. The molecule has 52 heavy (non-hydrogen) atoms. The molecule has 12 atom stereocenters. The minimum atomic E-state index is 0.185. The molecule has 294 valence electrons. The number of fused-ring (bicyclic) bond motifs is 4. The van der Waals surface area contributed by atoms with Crippen molar-refractivity contribution in [2.24, 2.45) is 35.5 Å². The lowest BCUT2D eigenvalue weighted by Crippen LogP contribution is -2.37. The molecule has 0 aromatic heterocycles. The van der Waals surface area contributed by atoms with Crippen LogP contribution in [-0.2, 0) is 19.2 Å². The summed E-state index contributed by atoms with van der Waals surface area (Å²) < 4.78 is 0. The highest BCUT2D eigenvalue weighted by molar-refractivity contribution is 5.83. The van der Waals surface area contributed by atoms with Gasteiger partial charge in [-0.3, -0.25) is 38.8 Å². The van der Waals surface area contributed by atoms with Crippen molar-refractivity contribution in [3.8, 4) is 0 Å². The van der Waals surface area contributed by atoms with Gasteiger partial charge >= 0.3 is 0 Å². The number of Topliss-reactive ketones (excluding diaryl/α,β-unsaturated/α-hetero) is 4. The van der Waals surface area contributed by atoms with Crippen LogP contribution in [0.25, 0.3) is 0 Å². The van der Waals surface area contributed by atoms with E-state index in [4.69, 9.17) is 0 Å². The number of ketones is 4. The number of likely N-dealkylation sites (tertiary alicyclic amines) is 4. The topological polar surface area (TPSA) is 81.2 Å². The van der Waals surface area contributed by atoms with Crippen LogP contribution in [0.3, 0.4) is 0 Å². The number of rotatable bonds is 4. The molecule has 3 saturated carbocycles. The third-order valence-electron chi connectivity index (χ3n) is 14.9. The third-order valence-corrected chi connectivity index (χ3v) is 14.9. The molecule has 4 heterocycles. The minimum Gasteiger partial charge on any atom is -0.298 e. The summed E-state index contributed by atoms with van der Waals surface area (Å²) in [6, 6.07) is 2.13. The van der Waals surface area contributed by atoms with E-state index in [9.17, 15) is 19.2 Å². The number of nitrogens with zero attached hydrogens (tertiary/aromatic N) is 4. The Kier molecular flexibility index (Phi) is 14.9. The molecule has 0 amide bonds. The molecule has 0 aromatic rings. The Morgan fingerprint density at radius 3 is 1.52 bits per heavy atom. The summed E-state index contributed by atoms with van der Waals surface area (Å²) in [5.41, 5.74) is 0. The van der Waals surface area contributed by atoms with Gasteiger partial charge in [-0.25, -0.2) is 0 Å². The molecule has 7 fully saturated rings. The van der Waals surface area contributed by atoms with Crippen LogP contribution in [0.2, 0.25) is 0 Å². The second-order valence-electron chi connectivity index (χ2n) is 18.3. The average Bonchev–Trinajstić information content (AvgIpc) is 3.91. The van der Waals surface area contributed by atoms with Gasteiger partial charge in [-0.15, -0.1) is 0 Å². The Hall–Kier alpha value is -1.74. The standard InChI is InChI=1S/C13H23NO.C11H19NO.C10H17NO.C10H15NO/c1-10(15)13-9-11-7-5-3-4-6-8-12(11)14(13)2;1-8(13)11-10-6-4-3-5-9(10)7-12(11)2;1-7(12)10-9-5-3-4-8(9)6-11(10)2;1-7(12)10-6-8-4-3-5-9(8)11(10)2/h11-13H,3-9H2,1-2H3;9-11H,3-7H2,1-2H3;8-10H,3-6H2,1-2H3;3,5,8-10H,4,6H2,1-2H3. The summed E-state index contributed by atoms with van der Waals surface area (Å²) in [6.45, 7) is 9.23. The van der Waals surface area contributed by atoms with Crippen molar-refractivity contribution in [2.45, 2.75) is 167 Å². The first kappa shape index (κ1) is 41.4. The van der Waals surface area contributed by atoms with Crippen LogP contribution in [0.4, 0.5) is 0 Å². The van der Waals surface area contributed by atoms with Crippen molar-refractivity contribution in [3.63, 3.8) is 0 Å². The van der Waals surface area contributed by atoms with Gasteiger partial charge in [0, 0.05) is 25.2 Å². The van der Waals surface area contributed by atoms with Crippen LogP contribution in [-0.4, -0.2) is 120 Å². The fraction of sp³-hybridized carbons (Fsp3) is 0.864. The minimum absolute atomic E-state index is 0.185. The number of carbonyl (C=O) groups is 4. The SMILES string of the molecule is CC(=O)C1C2CCCC2CN1C.CC(=O)C1C2CCCCC2CN1C.CC(=O)C1CC2CC=CC2N1C.CC(=O)C1CC2CCCCCCC2N1C. The predicted octanol–water partition coefficient (Wildman–Crippen LogP) is 6.84. The molecule has 0 spiro atoms. The summed E-state index contributed by atoms with van der Waals surface area (Å²) in [6.07, 6.45) is 25.3. The van der Waals surface area contributed by atoms with E-state index in [1.54, 1.807) is 27.7 Å². The molecule has 8 aliphatic rings. The van der Waals surface area contributed by atoms with E-state index in [0.717, 1.165) is 43.7 Å². The predicted molar refractivity (Wildman–Crippen MR) is 210 cm³/mol. The fourth-order valence-electron chi connectivity index (χ4n) is 12.4. The van der Waals surface area contributed by atoms with Crippen molar-refractivity contribution in [1.29, 1.82) is 0 Å². The van der Waals surface area contributed by atoms with E-state index in [1.807, 2.05) is 0 Å². The molecule has 4 aliphatic heterocycles. The van der Waals surface area contributed by atoms with Gasteiger partial charge in [0.05, 0.1) is 24.2 Å². The Labute approximate surface area is 316 Å². The second kappa shape index (κ2) is 18.7. The van der Waals surface area contributed by atoms with Gasteiger partial charge in [-0.2, -0.15) is 0 Å². The first-order valence-electron chi connectivity index (χ1n) is 21.3. The fourth-order valence-corrected chi connectivity index (χ4v) is 12.4. The summed E-state index contributed by atoms with van der Waals surface area (Å²) in [7, 11) is 8.40. The Balaban J connectivity index is 0.000000135. The van der Waals surface area contributed by atoms with Crippen LogP contribution in [0.5, 0.6) is 0 Å². The Morgan fingerprint density at radius 1 is 0.500 bits per heavy atom. The lowest BCUT2D eigenvalue weighted by molar-refractivity contribution is -0.122. The number of allylic oxidation sites excluding steroid dienone is 1. The molecular formula is C44H74N4O4. The summed E-state index contributed by atoms with van der Waals surface area (Å²) >= 11 is 0. The van der Waals surface area contributed by atoms with Gasteiger partial charge in [-0.05, 0) is 149 Å². The maximum atomic E-state index is 11.5. The van der Waals surface area contributed by atoms with Gasteiger partial charge in [0.25, 0.3) is 0 Å². The molecule has 12 unspecified atom stereocenters. The second-order valence-corrected chi connectivity index (χ2v) is 18.3. The summed E-state index contributed by atoms with van der Waals surface area (Å²) in [5.74, 6) is 5.93. The first-order valence-corrected chi connectivity index (χ1v) is 21.3. The van der Waals surface area contributed by atoms with Crippen molar-refractivity contribution in [2.75, 3.05) is 41.3 Å². The molecule has 8 rings (SSSR count). The maximum absolute atomic E-state index is 11.5. The number of carbonyl (C=O) groups excluding carboxylic acids is 4. The zero-order valence-corrected chi connectivity index (χ0v) is 34.2. The number of hydrogen-bond acceptors (Lipinski definition) is 8. The van der Waals surface area contributed by atoms with E-state index >= 15 is 0 Å². The molecule has 0 radical (unpaired) electrons. The van der Waals surface area contributed by atoms with E-state index in [2.05, 4.69) is 59.9 Å². The molecule has 0 bridgehead atoms. The van der Waals surface area contributed by atoms with Crippen LogP contribution >= 0.6 is 0 Å². The molecule has 4 saturated heterocycles. The third kappa shape index (κ3) is 9.55. The lowest BCUT2D eigenvalue weighted by atomic mass is 9.78. The highest BCUT2D eigenvalue weighted by Gasteiger charge is 2.45. The molecule has 4 aliphatic carbocycles. The van der Waals surface area contributed by atoms with Gasteiger partial charge in [0.15, 0.2) is 0 Å².